The number of nitrogens with zero attached hydrogens (tertiary/aromatic N) is 1. The molecule has 0 amide bonds. The SMILES string of the molecule is C=CCCCN(C)S(=O)(=O)C(C)CNC1CC1. The number of unbranched alkanes of at least 4 members (excludes halogenated alkanes) is 1. The normalized spacial score (nSPS) is 18.3. The van der Waals surface area contributed by atoms with Gasteiger partial charge in [0.25, 0.3) is 0 Å². The van der Waals surface area contributed by atoms with Crippen molar-refractivity contribution in [1.82, 2.24) is 9.62 Å². The number of hydrogen-bond donors (Lipinski definition) is 1. The molecule has 0 bridgehead atoms. The highest BCUT2D eigenvalue weighted by atomic mass is 32.2. The molecule has 0 heterocycles. The molecule has 0 aromatic carbocycles. The van der Waals surface area contributed by atoms with Gasteiger partial charge in [-0.25, -0.2) is 12.7 Å². The molecule has 0 aromatic heterocycles. The van der Waals surface area contributed by atoms with Gasteiger partial charge < -0.3 is 5.32 Å². The fraction of sp³-hybridized carbons (Fsp3) is 0.833. The highest BCUT2D eigenvalue weighted by Gasteiger charge is 2.28. The summed E-state index contributed by atoms with van der Waals surface area (Å²) >= 11 is 0. The van der Waals surface area contributed by atoms with E-state index in [4.69, 9.17) is 0 Å². The highest BCUT2D eigenvalue weighted by Crippen LogP contribution is 2.19. The maximum absolute atomic E-state index is 12.1. The summed E-state index contributed by atoms with van der Waals surface area (Å²) in [5, 5.41) is 2.91. The first-order valence-electron chi connectivity index (χ1n) is 6.28. The van der Waals surface area contributed by atoms with Crippen molar-refractivity contribution in [2.75, 3.05) is 20.1 Å². The molecule has 4 nitrogen and oxygen atoms in total. The fourth-order valence-corrected chi connectivity index (χ4v) is 2.92. The summed E-state index contributed by atoms with van der Waals surface area (Å²) in [7, 11) is -1.49. The van der Waals surface area contributed by atoms with Crippen LogP contribution >= 0.6 is 0 Å². The molecule has 0 aromatic rings. The minimum atomic E-state index is -3.15. The molecule has 0 saturated heterocycles. The van der Waals surface area contributed by atoms with Crippen LogP contribution in [-0.2, 0) is 10.0 Å². The van der Waals surface area contributed by atoms with E-state index in [1.807, 2.05) is 6.08 Å². The van der Waals surface area contributed by atoms with E-state index in [0.29, 0.717) is 19.1 Å². The summed E-state index contributed by atoms with van der Waals surface area (Å²) in [4.78, 5) is 0. The lowest BCUT2D eigenvalue weighted by molar-refractivity contribution is 0.450. The lowest BCUT2D eigenvalue weighted by Gasteiger charge is -2.22. The molecular weight excluding hydrogens is 236 g/mol. The van der Waals surface area contributed by atoms with Crippen LogP contribution in [-0.4, -0.2) is 44.2 Å². The van der Waals surface area contributed by atoms with E-state index in [9.17, 15) is 8.42 Å². The predicted molar refractivity (Wildman–Crippen MR) is 71.5 cm³/mol. The molecule has 1 aliphatic carbocycles. The second-order valence-corrected chi connectivity index (χ2v) is 7.25. The number of hydrogen-bond acceptors (Lipinski definition) is 3. The predicted octanol–water partition coefficient (Wildman–Crippen LogP) is 1.35. The summed E-state index contributed by atoms with van der Waals surface area (Å²) < 4.78 is 25.7. The van der Waals surface area contributed by atoms with Gasteiger partial charge in [-0.3, -0.25) is 0 Å². The number of rotatable bonds is 9. The molecule has 1 rings (SSSR count). The van der Waals surface area contributed by atoms with Crippen LogP contribution in [0.2, 0.25) is 0 Å². The first-order valence-corrected chi connectivity index (χ1v) is 7.78. The first-order chi connectivity index (χ1) is 7.98. The van der Waals surface area contributed by atoms with E-state index >= 15 is 0 Å². The van der Waals surface area contributed by atoms with Crippen molar-refractivity contribution < 1.29 is 8.42 Å². The smallest absolute Gasteiger partial charge is 0.217 e. The average Bonchev–Trinajstić information content (AvgIpc) is 3.09. The van der Waals surface area contributed by atoms with Crippen LogP contribution in [0.1, 0.15) is 32.6 Å². The number of sulfonamides is 1. The Bertz CT molecular complexity index is 336. The Labute approximate surface area is 105 Å². The van der Waals surface area contributed by atoms with E-state index in [1.54, 1.807) is 14.0 Å². The van der Waals surface area contributed by atoms with E-state index < -0.39 is 10.0 Å². The summed E-state index contributed by atoms with van der Waals surface area (Å²) in [5.41, 5.74) is 0. The zero-order valence-corrected chi connectivity index (χ0v) is 11.7. The van der Waals surface area contributed by atoms with Crippen LogP contribution in [0.3, 0.4) is 0 Å². The van der Waals surface area contributed by atoms with Gasteiger partial charge in [-0.1, -0.05) is 6.08 Å². The standard InChI is InChI=1S/C12H24N2O2S/c1-4-5-6-9-14(3)17(15,16)11(2)10-13-12-7-8-12/h4,11-13H,1,5-10H2,2-3H3. The molecule has 1 fully saturated rings. The molecule has 100 valence electrons. The van der Waals surface area contributed by atoms with Crippen LogP contribution in [0.15, 0.2) is 12.7 Å². The van der Waals surface area contributed by atoms with E-state index in [0.717, 1.165) is 12.8 Å². The Morgan fingerprint density at radius 1 is 1.53 bits per heavy atom. The average molecular weight is 260 g/mol. The first kappa shape index (κ1) is 14.7. The van der Waals surface area contributed by atoms with E-state index in [1.165, 1.54) is 17.1 Å². The maximum atomic E-state index is 12.1. The minimum absolute atomic E-state index is 0.350. The van der Waals surface area contributed by atoms with Crippen LogP contribution in [0.4, 0.5) is 0 Å². The van der Waals surface area contributed by atoms with Gasteiger partial charge in [0.2, 0.25) is 10.0 Å². The minimum Gasteiger partial charge on any atom is -0.313 e. The number of nitrogens with one attached hydrogen (secondary N) is 1. The van der Waals surface area contributed by atoms with Crippen molar-refractivity contribution in [3.8, 4) is 0 Å². The molecular formula is C12H24N2O2S. The second kappa shape index (κ2) is 6.52. The molecule has 1 aliphatic rings. The molecule has 5 heteroatoms. The van der Waals surface area contributed by atoms with Crippen molar-refractivity contribution in [2.45, 2.75) is 43.9 Å². The van der Waals surface area contributed by atoms with Gasteiger partial charge in [0.1, 0.15) is 0 Å². The van der Waals surface area contributed by atoms with Crippen molar-refractivity contribution in [3.05, 3.63) is 12.7 Å². The Morgan fingerprint density at radius 2 is 2.18 bits per heavy atom. The Kier molecular flexibility index (Phi) is 5.62. The van der Waals surface area contributed by atoms with Gasteiger partial charge in [-0.05, 0) is 32.6 Å². The third kappa shape index (κ3) is 4.77. The van der Waals surface area contributed by atoms with Crippen molar-refractivity contribution in [2.24, 2.45) is 0 Å². The van der Waals surface area contributed by atoms with Gasteiger partial charge in [-0.15, -0.1) is 6.58 Å². The second-order valence-electron chi connectivity index (χ2n) is 4.79. The van der Waals surface area contributed by atoms with Crippen molar-refractivity contribution in [1.29, 1.82) is 0 Å². The van der Waals surface area contributed by atoms with Crippen LogP contribution in [0.25, 0.3) is 0 Å². The summed E-state index contributed by atoms with van der Waals surface area (Å²) in [6.45, 7) is 6.53. The largest absolute Gasteiger partial charge is 0.313 e. The Hall–Kier alpha value is -0.390. The van der Waals surface area contributed by atoms with Crippen LogP contribution in [0.5, 0.6) is 0 Å². The summed E-state index contributed by atoms with van der Waals surface area (Å²) in [6.07, 6.45) is 5.87. The lowest BCUT2D eigenvalue weighted by atomic mass is 10.3. The molecule has 1 unspecified atom stereocenters. The van der Waals surface area contributed by atoms with Gasteiger partial charge in [-0.2, -0.15) is 0 Å². The molecule has 1 atom stereocenters. The Morgan fingerprint density at radius 3 is 2.71 bits per heavy atom. The van der Waals surface area contributed by atoms with Crippen LogP contribution in [0, 0.1) is 0 Å². The van der Waals surface area contributed by atoms with Gasteiger partial charge >= 0.3 is 0 Å². The van der Waals surface area contributed by atoms with Gasteiger partial charge in [0.15, 0.2) is 0 Å². The number of allylic oxidation sites excluding steroid dienone is 1. The zero-order chi connectivity index (χ0) is 12.9. The maximum Gasteiger partial charge on any atom is 0.217 e. The summed E-state index contributed by atoms with van der Waals surface area (Å²) in [5.74, 6) is 0. The fourth-order valence-electron chi connectivity index (χ4n) is 1.62. The monoisotopic (exact) mass is 260 g/mol. The van der Waals surface area contributed by atoms with Crippen molar-refractivity contribution >= 4 is 10.0 Å². The molecule has 1 N–H and O–H groups in total. The highest BCUT2D eigenvalue weighted by molar-refractivity contribution is 7.89. The topological polar surface area (TPSA) is 49.4 Å². The molecule has 0 spiro atoms. The van der Waals surface area contributed by atoms with Crippen molar-refractivity contribution in [3.63, 3.8) is 0 Å². The van der Waals surface area contributed by atoms with Crippen LogP contribution < -0.4 is 5.32 Å². The lowest BCUT2D eigenvalue weighted by Crippen LogP contribution is -2.41. The van der Waals surface area contributed by atoms with Gasteiger partial charge in [0.05, 0.1) is 5.25 Å². The molecule has 1 saturated carbocycles. The third-order valence-electron chi connectivity index (χ3n) is 3.10. The molecule has 17 heavy (non-hydrogen) atoms. The third-order valence-corrected chi connectivity index (χ3v) is 5.33. The zero-order valence-electron chi connectivity index (χ0n) is 10.9. The van der Waals surface area contributed by atoms with E-state index in [2.05, 4.69) is 11.9 Å². The van der Waals surface area contributed by atoms with Gasteiger partial charge in [0, 0.05) is 26.2 Å². The quantitative estimate of drug-likeness (QED) is 0.503. The molecule has 0 radical (unpaired) electrons. The summed E-state index contributed by atoms with van der Waals surface area (Å²) in [6, 6.07) is 0.554. The van der Waals surface area contributed by atoms with E-state index in [-0.39, 0.29) is 5.25 Å². The Balaban J connectivity index is 2.37. The molecule has 0 aliphatic heterocycles.